The highest BCUT2D eigenvalue weighted by molar-refractivity contribution is 5.99. The van der Waals surface area contributed by atoms with Crippen molar-refractivity contribution in [3.05, 3.63) is 196 Å². The summed E-state index contributed by atoms with van der Waals surface area (Å²) in [4.78, 5) is 34.3. The highest BCUT2D eigenvalue weighted by Gasteiger charge is 2.27. The van der Waals surface area contributed by atoms with Crippen molar-refractivity contribution in [1.82, 2.24) is 19.9 Å². The molecule has 6 aromatic carbocycles. The third kappa shape index (κ3) is 34.6. The lowest BCUT2D eigenvalue weighted by Crippen LogP contribution is -2.13. The van der Waals surface area contributed by atoms with Gasteiger partial charge in [0.1, 0.15) is 46.0 Å². The van der Waals surface area contributed by atoms with E-state index >= 15 is 0 Å². The van der Waals surface area contributed by atoms with Crippen LogP contribution in [0.4, 0.5) is 17.1 Å². The number of rotatable bonds is 68. The Kier molecular flexibility index (Phi) is 48.6. The molecule has 0 amide bonds. The maximum Gasteiger partial charge on any atom is 0.335 e. The highest BCUT2D eigenvalue weighted by atomic mass is 16.5. The standard InChI is InChI=1S/C123H163N5O10/c1-9-15-21-27-31-35-39-43-47-53-87-133-113-59-57-60-114(134-88-54-48-44-40-36-32-28-22-16-10-2)121(113)119-108-83-79-104(124-108)102(77-65-95-63-66-96(67-64-95)123(129)130)105-80-84-109(125-105)120(122-115(135-89-55-49-45-41-37-33-29-23-17-11-3)61-58-62-116(122)136-90-56-50-46-42-38-34-30-24-18-12-4)111-86-82-107(127-111)103(106-81-85-110(119)126-106)78-68-97-93-118(138-92-52-26-20-14-6)112(94-117(97)137-91-51-25-19-13-5)128(98-69-73-100(131-7)74-70-98)99-71-75-101(132-8)76-72-99/h57-64,66-67,69-76,79-86,93-94,124,127H,9-56,87-92H2,1-8H3,(H,129,130). The predicted octanol–water partition coefficient (Wildman–Crippen LogP) is 35.1. The van der Waals surface area contributed by atoms with Gasteiger partial charge in [-0.1, -0.05) is 347 Å². The van der Waals surface area contributed by atoms with E-state index in [1.807, 2.05) is 24.3 Å². The zero-order chi connectivity index (χ0) is 96.6. The van der Waals surface area contributed by atoms with Gasteiger partial charge in [-0.2, -0.15) is 0 Å². The van der Waals surface area contributed by atoms with Crippen LogP contribution in [0.15, 0.2) is 146 Å². The van der Waals surface area contributed by atoms with Gasteiger partial charge in [-0.3, -0.25) is 0 Å². The van der Waals surface area contributed by atoms with Gasteiger partial charge in [0.25, 0.3) is 0 Å². The Morgan fingerprint density at radius 3 is 0.913 bits per heavy atom. The van der Waals surface area contributed by atoms with Crippen molar-refractivity contribution in [1.29, 1.82) is 0 Å². The molecule has 9 aromatic rings. The molecule has 11 rings (SSSR count). The quantitative estimate of drug-likeness (QED) is 0.0243. The highest BCUT2D eigenvalue weighted by Crippen LogP contribution is 2.49. The normalized spacial score (nSPS) is 11.5. The molecule has 0 radical (unpaired) electrons. The molecule has 0 atom stereocenters. The van der Waals surface area contributed by atoms with Crippen LogP contribution in [0, 0.1) is 23.7 Å². The Hall–Kier alpha value is -11.3. The molecule has 15 heteroatoms. The third-order valence-electron chi connectivity index (χ3n) is 26.5. The molecule has 740 valence electrons. The summed E-state index contributed by atoms with van der Waals surface area (Å²) in [5.74, 6) is 19.4. The van der Waals surface area contributed by atoms with Gasteiger partial charge in [0.2, 0.25) is 0 Å². The number of fused-ring (bicyclic) bond motifs is 8. The second-order valence-corrected chi connectivity index (χ2v) is 37.6. The minimum absolute atomic E-state index is 0.179. The van der Waals surface area contributed by atoms with Crippen LogP contribution >= 0.6 is 0 Å². The fourth-order valence-corrected chi connectivity index (χ4v) is 18.4. The molecule has 138 heavy (non-hydrogen) atoms. The van der Waals surface area contributed by atoms with E-state index < -0.39 is 5.97 Å². The van der Waals surface area contributed by atoms with Crippen molar-refractivity contribution in [3.8, 4) is 91.9 Å². The Labute approximate surface area is 828 Å². The van der Waals surface area contributed by atoms with Gasteiger partial charge in [-0.15, -0.1) is 0 Å². The summed E-state index contributed by atoms with van der Waals surface area (Å²) in [5, 5.41) is 10.1. The number of unbranched alkanes of at least 4 members (excludes halogenated alkanes) is 42. The lowest BCUT2D eigenvalue weighted by molar-refractivity contribution is 0.0696. The molecule has 3 N–H and O–H groups in total. The number of carboxylic acid groups (broad SMARTS) is 1. The third-order valence-corrected chi connectivity index (χ3v) is 26.5. The predicted molar refractivity (Wildman–Crippen MR) is 578 cm³/mol. The first kappa shape index (κ1) is 107. The lowest BCUT2D eigenvalue weighted by atomic mass is 10.0. The number of nitrogens with one attached hydrogen (secondary N) is 2. The first-order valence-electron chi connectivity index (χ1n) is 53.9. The maximum absolute atomic E-state index is 12.3. The van der Waals surface area contributed by atoms with E-state index in [9.17, 15) is 9.90 Å². The second-order valence-electron chi connectivity index (χ2n) is 37.6. The Bertz CT molecular complexity index is 5230. The summed E-state index contributed by atoms with van der Waals surface area (Å²) in [6.07, 6.45) is 64.7. The molecule has 0 saturated heterocycles. The average Bonchev–Trinajstić information content (AvgIpc) is 1.61. The van der Waals surface area contributed by atoms with Gasteiger partial charge in [-0.25, -0.2) is 14.8 Å². The maximum atomic E-state index is 12.3. The molecular formula is C123H163N5O10. The van der Waals surface area contributed by atoms with Crippen LogP contribution in [0.1, 0.15) is 405 Å². The summed E-state index contributed by atoms with van der Waals surface area (Å²) >= 11 is 0. The number of nitrogens with zero attached hydrogens (tertiary/aromatic N) is 3. The van der Waals surface area contributed by atoms with Gasteiger partial charge >= 0.3 is 5.97 Å². The van der Waals surface area contributed by atoms with E-state index in [1.54, 1.807) is 38.5 Å². The SMILES string of the molecule is CCCCCCCCCCCCOc1cccc(OCCCCCCCCCCCC)c1-c1c2nc(c(C#Cc3cc(OCCCCCC)c(N(c4ccc(OC)cc4)c4ccc(OC)cc4)cc3OCCCCCC)c3ccc([nH]3)c(-c3c(OCCCCCCCCCCCC)cccc3OCCCCCCCCCCCC)c3nc(c(C#Cc4ccc(C(=O)O)cc4)c4ccc1[nH]4)C=C3)C=C2. The molecule has 8 bridgehead atoms. The Balaban J connectivity index is 1.18. The van der Waals surface area contributed by atoms with Crippen LogP contribution in [0.2, 0.25) is 0 Å². The molecule has 0 saturated carbocycles. The molecule has 2 aliphatic heterocycles. The summed E-state index contributed by atoms with van der Waals surface area (Å²) < 4.78 is 54.7. The number of anilines is 3. The molecule has 5 heterocycles. The van der Waals surface area contributed by atoms with Crippen molar-refractivity contribution in [2.24, 2.45) is 0 Å². The minimum Gasteiger partial charge on any atom is -0.497 e. The van der Waals surface area contributed by atoms with Crippen LogP contribution in [-0.4, -0.2) is 84.9 Å². The number of H-pyrrole nitrogens is 2. The molecule has 3 aromatic heterocycles. The summed E-state index contributed by atoms with van der Waals surface area (Å²) in [7, 11) is 3.39. The van der Waals surface area contributed by atoms with E-state index in [0.29, 0.717) is 130 Å². The molecule has 0 unspecified atom stereocenters. The minimum atomic E-state index is -1.01. The van der Waals surface area contributed by atoms with Gasteiger partial charge in [0, 0.05) is 51.2 Å². The second kappa shape index (κ2) is 62.6. The molecule has 15 nitrogen and oxygen atoms in total. The van der Waals surface area contributed by atoms with Gasteiger partial charge in [0.15, 0.2) is 0 Å². The zero-order valence-electron chi connectivity index (χ0n) is 85.3. The lowest BCUT2D eigenvalue weighted by Gasteiger charge is -2.28. The van der Waals surface area contributed by atoms with Gasteiger partial charge < -0.3 is 57.9 Å². The first-order valence-corrected chi connectivity index (χ1v) is 53.9. The van der Waals surface area contributed by atoms with Crippen molar-refractivity contribution < 1.29 is 47.8 Å². The Morgan fingerprint density at radius 1 is 0.297 bits per heavy atom. The number of aromatic carboxylic acids is 1. The van der Waals surface area contributed by atoms with Crippen molar-refractivity contribution in [3.63, 3.8) is 0 Å². The average molecular weight is 1870 g/mol. The summed E-state index contributed by atoms with van der Waals surface area (Å²) in [5.41, 5.74) is 13.9. The summed E-state index contributed by atoms with van der Waals surface area (Å²) in [6.45, 7) is 16.6. The van der Waals surface area contributed by atoms with E-state index in [4.69, 9.17) is 47.9 Å². The number of aromatic nitrogens is 4. The topological polar surface area (TPSA) is 172 Å². The molecule has 2 aliphatic rings. The molecule has 0 fully saturated rings. The van der Waals surface area contributed by atoms with Gasteiger partial charge in [-0.05, 0) is 184 Å². The van der Waals surface area contributed by atoms with Gasteiger partial charge in [0.05, 0.1) is 127 Å². The van der Waals surface area contributed by atoms with E-state index in [-0.39, 0.29) is 5.56 Å². The number of hydrogen-bond acceptors (Lipinski definition) is 12. The number of ether oxygens (including phenoxy) is 8. The number of carbonyl (C=O) groups is 1. The van der Waals surface area contributed by atoms with Crippen LogP contribution in [0.5, 0.6) is 46.0 Å². The van der Waals surface area contributed by atoms with Crippen molar-refractivity contribution >= 4 is 69.4 Å². The van der Waals surface area contributed by atoms with Crippen LogP contribution < -0.4 is 42.8 Å². The monoisotopic (exact) mass is 1870 g/mol. The van der Waals surface area contributed by atoms with E-state index in [2.05, 4.69) is 201 Å². The van der Waals surface area contributed by atoms with Crippen LogP contribution in [0.25, 0.3) is 68.6 Å². The smallest absolute Gasteiger partial charge is 0.335 e. The van der Waals surface area contributed by atoms with E-state index in [1.165, 1.54) is 180 Å². The largest absolute Gasteiger partial charge is 0.497 e. The first-order chi connectivity index (χ1) is 68.1. The number of hydrogen-bond donors (Lipinski definition) is 3. The van der Waals surface area contributed by atoms with Crippen LogP contribution in [-0.2, 0) is 0 Å². The number of aromatic amines is 2. The fourth-order valence-electron chi connectivity index (χ4n) is 18.4. The van der Waals surface area contributed by atoms with Crippen molar-refractivity contribution in [2.75, 3.05) is 58.8 Å². The number of benzene rings is 6. The van der Waals surface area contributed by atoms with Crippen molar-refractivity contribution in [2.45, 2.75) is 350 Å². The molecular weight excluding hydrogens is 1710 g/mol. The summed E-state index contributed by atoms with van der Waals surface area (Å²) in [6, 6.07) is 48.2. The number of methoxy groups -OCH3 is 2. The molecule has 0 aliphatic carbocycles. The molecule has 0 spiro atoms. The van der Waals surface area contributed by atoms with Crippen LogP contribution in [0.3, 0.4) is 0 Å². The fraction of sp³-hybridized carbons (Fsp3) is 0.504. The number of carboxylic acids is 1. The van der Waals surface area contributed by atoms with E-state index in [0.717, 1.165) is 190 Å². The Morgan fingerprint density at radius 2 is 0.587 bits per heavy atom. The zero-order valence-corrected chi connectivity index (χ0v) is 85.3.